The Labute approximate surface area is 180 Å². The van der Waals surface area contributed by atoms with Crippen LogP contribution in [0.3, 0.4) is 0 Å². The highest BCUT2D eigenvalue weighted by Gasteiger charge is 2.20. The lowest BCUT2D eigenvalue weighted by Crippen LogP contribution is -2.19. The average molecular weight is 439 g/mol. The minimum atomic E-state index is -4.06. The van der Waals surface area contributed by atoms with Crippen LogP contribution in [0, 0.1) is 0 Å². The number of hydrogen-bond donors (Lipinski definition) is 3. The summed E-state index contributed by atoms with van der Waals surface area (Å²) in [4.78, 5) is 24.0. The second-order valence-electron chi connectivity index (χ2n) is 6.51. The molecule has 0 aliphatic rings. The zero-order valence-electron chi connectivity index (χ0n) is 16.9. The summed E-state index contributed by atoms with van der Waals surface area (Å²) in [5.41, 5.74) is 1.08. The summed E-state index contributed by atoms with van der Waals surface area (Å²) in [6, 6.07) is 19.2. The van der Waals surface area contributed by atoms with Crippen LogP contribution >= 0.6 is 0 Å². The first-order chi connectivity index (χ1) is 14.8. The number of amides is 2. The maximum Gasteiger partial charge on any atom is 0.261 e. The largest absolute Gasteiger partial charge is 0.495 e. The molecule has 0 fully saturated rings. The van der Waals surface area contributed by atoms with Crippen LogP contribution in [0.5, 0.6) is 5.75 Å². The molecule has 0 spiro atoms. The third-order valence-electron chi connectivity index (χ3n) is 4.24. The lowest BCUT2D eigenvalue weighted by atomic mass is 10.1. The number of methoxy groups -OCH3 is 1. The highest BCUT2D eigenvalue weighted by molar-refractivity contribution is 7.92. The molecule has 3 aromatic rings. The topological polar surface area (TPSA) is 114 Å². The van der Waals surface area contributed by atoms with Gasteiger partial charge in [-0.05, 0) is 42.5 Å². The van der Waals surface area contributed by atoms with Crippen LogP contribution in [0.25, 0.3) is 0 Å². The number of carbonyl (C=O) groups excluding carboxylic acids is 2. The van der Waals surface area contributed by atoms with Crippen molar-refractivity contribution < 1.29 is 22.7 Å². The molecular weight excluding hydrogens is 418 g/mol. The SMILES string of the molecule is COc1ccc(S(=O)(=O)Nc2ccccc2C(=O)Nc2ccccc2)cc1NC(C)=O. The van der Waals surface area contributed by atoms with Gasteiger partial charge in [-0.1, -0.05) is 30.3 Å². The van der Waals surface area contributed by atoms with Gasteiger partial charge in [0.2, 0.25) is 5.91 Å². The number of para-hydroxylation sites is 2. The van der Waals surface area contributed by atoms with E-state index in [0.717, 1.165) is 0 Å². The van der Waals surface area contributed by atoms with Crippen LogP contribution in [-0.4, -0.2) is 27.3 Å². The van der Waals surface area contributed by atoms with E-state index in [9.17, 15) is 18.0 Å². The summed E-state index contributed by atoms with van der Waals surface area (Å²) in [6.45, 7) is 1.31. The Kier molecular flexibility index (Phi) is 6.56. The number of nitrogens with one attached hydrogen (secondary N) is 3. The molecule has 0 atom stereocenters. The lowest BCUT2D eigenvalue weighted by Gasteiger charge is -2.15. The number of sulfonamides is 1. The van der Waals surface area contributed by atoms with E-state index in [1.165, 1.54) is 44.4 Å². The lowest BCUT2D eigenvalue weighted by molar-refractivity contribution is -0.114. The van der Waals surface area contributed by atoms with Crippen molar-refractivity contribution in [3.8, 4) is 5.75 Å². The molecule has 0 heterocycles. The first-order valence-electron chi connectivity index (χ1n) is 9.24. The van der Waals surface area contributed by atoms with Gasteiger partial charge in [0.05, 0.1) is 28.9 Å². The predicted octanol–water partition coefficient (Wildman–Crippen LogP) is 3.71. The minimum Gasteiger partial charge on any atom is -0.495 e. The molecule has 0 saturated heterocycles. The van der Waals surface area contributed by atoms with Gasteiger partial charge >= 0.3 is 0 Å². The smallest absolute Gasteiger partial charge is 0.261 e. The van der Waals surface area contributed by atoms with E-state index in [2.05, 4.69) is 15.4 Å². The standard InChI is InChI=1S/C22H21N3O5S/c1-15(26)23-20-14-17(12-13-21(20)30-2)31(28,29)25-19-11-7-6-10-18(19)22(27)24-16-8-4-3-5-9-16/h3-14,25H,1-2H3,(H,23,26)(H,24,27). The van der Waals surface area contributed by atoms with Gasteiger partial charge in [-0.2, -0.15) is 0 Å². The summed E-state index contributed by atoms with van der Waals surface area (Å²) in [5, 5.41) is 5.27. The molecule has 160 valence electrons. The fourth-order valence-corrected chi connectivity index (χ4v) is 3.94. The van der Waals surface area contributed by atoms with Gasteiger partial charge in [0, 0.05) is 12.6 Å². The summed E-state index contributed by atoms with van der Waals surface area (Å²) >= 11 is 0. The highest BCUT2D eigenvalue weighted by atomic mass is 32.2. The van der Waals surface area contributed by atoms with Gasteiger partial charge in [0.15, 0.2) is 0 Å². The van der Waals surface area contributed by atoms with Crippen molar-refractivity contribution >= 4 is 38.9 Å². The molecule has 31 heavy (non-hydrogen) atoms. The maximum absolute atomic E-state index is 13.0. The number of ether oxygens (including phenoxy) is 1. The van der Waals surface area contributed by atoms with Crippen LogP contribution < -0.4 is 20.1 Å². The van der Waals surface area contributed by atoms with Crippen LogP contribution in [0.4, 0.5) is 17.1 Å². The number of hydrogen-bond acceptors (Lipinski definition) is 5. The zero-order valence-corrected chi connectivity index (χ0v) is 17.7. The van der Waals surface area contributed by atoms with Gasteiger partial charge in [0.1, 0.15) is 5.75 Å². The van der Waals surface area contributed by atoms with E-state index in [1.54, 1.807) is 36.4 Å². The van der Waals surface area contributed by atoms with E-state index in [1.807, 2.05) is 6.07 Å². The Balaban J connectivity index is 1.90. The number of rotatable bonds is 7. The van der Waals surface area contributed by atoms with Crippen molar-refractivity contribution in [2.24, 2.45) is 0 Å². The van der Waals surface area contributed by atoms with Crippen molar-refractivity contribution in [3.63, 3.8) is 0 Å². The van der Waals surface area contributed by atoms with Crippen molar-refractivity contribution in [3.05, 3.63) is 78.4 Å². The Bertz CT molecular complexity index is 1210. The fraction of sp³-hybridized carbons (Fsp3) is 0.0909. The molecule has 0 aromatic heterocycles. The van der Waals surface area contributed by atoms with E-state index < -0.39 is 15.9 Å². The molecule has 0 aliphatic carbocycles. The number of benzene rings is 3. The molecule has 9 heteroatoms. The Morgan fingerprint density at radius 2 is 1.52 bits per heavy atom. The first kappa shape index (κ1) is 21.8. The van der Waals surface area contributed by atoms with Gasteiger partial charge in [-0.15, -0.1) is 0 Å². The summed E-state index contributed by atoms with van der Waals surface area (Å²) in [7, 11) is -2.65. The molecule has 0 saturated carbocycles. The molecule has 0 unspecified atom stereocenters. The predicted molar refractivity (Wildman–Crippen MR) is 119 cm³/mol. The average Bonchev–Trinajstić information content (AvgIpc) is 2.74. The van der Waals surface area contributed by atoms with E-state index in [4.69, 9.17) is 4.74 Å². The van der Waals surface area contributed by atoms with E-state index in [-0.39, 0.29) is 27.7 Å². The van der Waals surface area contributed by atoms with Gasteiger partial charge < -0.3 is 15.4 Å². The number of anilines is 3. The molecule has 0 bridgehead atoms. The molecule has 3 rings (SSSR count). The van der Waals surface area contributed by atoms with Crippen molar-refractivity contribution in [2.75, 3.05) is 22.5 Å². The summed E-state index contributed by atoms with van der Waals surface area (Å²) < 4.78 is 33.6. The van der Waals surface area contributed by atoms with Crippen LogP contribution in [-0.2, 0) is 14.8 Å². The van der Waals surface area contributed by atoms with Crippen molar-refractivity contribution in [1.82, 2.24) is 0 Å². The van der Waals surface area contributed by atoms with Gasteiger partial charge in [0.25, 0.3) is 15.9 Å². The van der Waals surface area contributed by atoms with Gasteiger partial charge in [-0.25, -0.2) is 8.42 Å². The normalized spacial score (nSPS) is 10.8. The Morgan fingerprint density at radius 3 is 2.19 bits per heavy atom. The van der Waals surface area contributed by atoms with Gasteiger partial charge in [-0.3, -0.25) is 14.3 Å². The van der Waals surface area contributed by atoms with Crippen molar-refractivity contribution in [2.45, 2.75) is 11.8 Å². The second-order valence-corrected chi connectivity index (χ2v) is 8.20. The van der Waals surface area contributed by atoms with Crippen LogP contribution in [0.15, 0.2) is 77.7 Å². The molecule has 0 radical (unpaired) electrons. The zero-order chi connectivity index (χ0) is 22.4. The second kappa shape index (κ2) is 9.31. The van der Waals surface area contributed by atoms with Crippen molar-refractivity contribution in [1.29, 1.82) is 0 Å². The first-order valence-corrected chi connectivity index (χ1v) is 10.7. The molecule has 3 aromatic carbocycles. The fourth-order valence-electron chi connectivity index (χ4n) is 2.84. The number of carbonyl (C=O) groups is 2. The van der Waals surface area contributed by atoms with E-state index >= 15 is 0 Å². The molecule has 0 aliphatic heterocycles. The highest BCUT2D eigenvalue weighted by Crippen LogP contribution is 2.29. The monoisotopic (exact) mass is 439 g/mol. The molecular formula is C22H21N3O5S. The summed E-state index contributed by atoms with van der Waals surface area (Å²) in [5.74, 6) is -0.515. The Hall–Kier alpha value is -3.85. The summed E-state index contributed by atoms with van der Waals surface area (Å²) in [6.07, 6.45) is 0. The van der Waals surface area contributed by atoms with Crippen LogP contribution in [0.1, 0.15) is 17.3 Å². The third-order valence-corrected chi connectivity index (χ3v) is 5.60. The van der Waals surface area contributed by atoms with Crippen LogP contribution in [0.2, 0.25) is 0 Å². The molecule has 3 N–H and O–H groups in total. The minimum absolute atomic E-state index is 0.102. The Morgan fingerprint density at radius 1 is 0.839 bits per heavy atom. The molecule has 2 amide bonds. The quantitative estimate of drug-likeness (QED) is 0.519. The maximum atomic E-state index is 13.0. The molecule has 8 nitrogen and oxygen atoms in total. The van der Waals surface area contributed by atoms with E-state index in [0.29, 0.717) is 11.4 Å². The third kappa shape index (κ3) is 5.40.